The summed E-state index contributed by atoms with van der Waals surface area (Å²) in [5.41, 5.74) is 1.01. The van der Waals surface area contributed by atoms with Crippen molar-refractivity contribution < 1.29 is 23.9 Å². The van der Waals surface area contributed by atoms with Gasteiger partial charge in [-0.05, 0) is 35.8 Å². The van der Waals surface area contributed by atoms with Crippen molar-refractivity contribution in [3.63, 3.8) is 0 Å². The van der Waals surface area contributed by atoms with E-state index in [2.05, 4.69) is 4.99 Å². The summed E-state index contributed by atoms with van der Waals surface area (Å²) in [6.45, 7) is 4.65. The molecule has 0 saturated heterocycles. The van der Waals surface area contributed by atoms with Gasteiger partial charge in [-0.25, -0.2) is 9.79 Å². The molecule has 3 rings (SSSR count). The number of esters is 1. The molecule has 1 aliphatic rings. The molecule has 150 valence electrons. The van der Waals surface area contributed by atoms with E-state index in [1.165, 1.54) is 25.3 Å². The number of methoxy groups -OCH3 is 1. The molecule has 8 heteroatoms. The number of aliphatic imine (C=N–C) groups is 1. The molecule has 2 aromatic rings. The van der Waals surface area contributed by atoms with E-state index >= 15 is 0 Å². The van der Waals surface area contributed by atoms with E-state index in [4.69, 9.17) is 14.2 Å². The van der Waals surface area contributed by atoms with Gasteiger partial charge < -0.3 is 14.2 Å². The van der Waals surface area contributed by atoms with E-state index in [0.717, 1.165) is 0 Å². The largest absolute Gasteiger partial charge is 0.493 e. The number of ether oxygens (including phenoxy) is 3. The van der Waals surface area contributed by atoms with Crippen molar-refractivity contribution in [2.24, 2.45) is 10.9 Å². The predicted molar refractivity (Wildman–Crippen MR) is 107 cm³/mol. The molecule has 29 heavy (non-hydrogen) atoms. The highest BCUT2D eigenvalue weighted by Gasteiger charge is 2.25. The second-order valence-corrected chi connectivity index (χ2v) is 6.76. The quantitative estimate of drug-likeness (QED) is 0.304. The summed E-state index contributed by atoms with van der Waals surface area (Å²) < 4.78 is 16.3. The molecule has 0 saturated carbocycles. The van der Waals surface area contributed by atoms with Crippen LogP contribution >= 0.6 is 0 Å². The molecule has 0 N–H and O–H groups in total. The van der Waals surface area contributed by atoms with Crippen LogP contribution in [0.2, 0.25) is 0 Å². The number of benzene rings is 2. The highest BCUT2D eigenvalue weighted by molar-refractivity contribution is 6.13. The number of hydrogen-bond acceptors (Lipinski definition) is 7. The maximum Gasteiger partial charge on any atom is 0.363 e. The zero-order valence-electron chi connectivity index (χ0n) is 16.2. The molecule has 0 atom stereocenters. The topological polar surface area (TPSA) is 100 Å². The van der Waals surface area contributed by atoms with Crippen LogP contribution in [-0.2, 0) is 9.53 Å². The Bertz CT molecular complexity index is 1010. The van der Waals surface area contributed by atoms with Crippen LogP contribution in [0.15, 0.2) is 53.2 Å². The second-order valence-electron chi connectivity index (χ2n) is 6.76. The summed E-state index contributed by atoms with van der Waals surface area (Å²) in [5.74, 6) is 0.906. The normalized spacial score (nSPS) is 14.7. The lowest BCUT2D eigenvalue weighted by atomic mass is 10.1. The van der Waals surface area contributed by atoms with Gasteiger partial charge in [-0.15, -0.1) is 0 Å². The average Bonchev–Trinajstić information content (AvgIpc) is 3.07. The van der Waals surface area contributed by atoms with Gasteiger partial charge in [-0.3, -0.25) is 10.1 Å². The Hall–Kier alpha value is -3.68. The summed E-state index contributed by atoms with van der Waals surface area (Å²) in [6.07, 6.45) is 1.56. The van der Waals surface area contributed by atoms with Gasteiger partial charge in [-0.2, -0.15) is 0 Å². The van der Waals surface area contributed by atoms with Crippen LogP contribution in [-0.4, -0.2) is 30.5 Å². The maximum absolute atomic E-state index is 12.2. The summed E-state index contributed by atoms with van der Waals surface area (Å²) in [6, 6.07) is 11.0. The highest BCUT2D eigenvalue weighted by Crippen LogP contribution is 2.30. The molecule has 0 amide bonds. The molecular weight excluding hydrogens is 376 g/mol. The molecule has 0 unspecified atom stereocenters. The van der Waals surface area contributed by atoms with Crippen LogP contribution < -0.4 is 9.47 Å². The van der Waals surface area contributed by atoms with Crippen molar-refractivity contribution in [2.45, 2.75) is 13.8 Å². The monoisotopic (exact) mass is 396 g/mol. The lowest BCUT2D eigenvalue weighted by Crippen LogP contribution is -2.06. The Morgan fingerprint density at radius 2 is 2.00 bits per heavy atom. The van der Waals surface area contributed by atoms with E-state index in [-0.39, 0.29) is 17.3 Å². The fraction of sp³-hybridized carbons (Fsp3) is 0.238. The number of rotatable bonds is 7. The lowest BCUT2D eigenvalue weighted by molar-refractivity contribution is -0.384. The van der Waals surface area contributed by atoms with Crippen LogP contribution in [0.5, 0.6) is 11.5 Å². The van der Waals surface area contributed by atoms with Gasteiger partial charge in [0, 0.05) is 17.7 Å². The molecule has 0 aliphatic carbocycles. The van der Waals surface area contributed by atoms with Crippen LogP contribution in [0.4, 0.5) is 5.69 Å². The molecule has 0 bridgehead atoms. The van der Waals surface area contributed by atoms with Gasteiger partial charge in [0.15, 0.2) is 17.2 Å². The number of nitro groups is 1. The maximum atomic E-state index is 12.2. The Morgan fingerprint density at radius 3 is 2.69 bits per heavy atom. The van der Waals surface area contributed by atoms with Crippen molar-refractivity contribution >= 4 is 23.6 Å². The Kier molecular flexibility index (Phi) is 5.92. The van der Waals surface area contributed by atoms with Gasteiger partial charge >= 0.3 is 5.97 Å². The standard InChI is InChI=1S/C21H20N2O6/c1-13(2)12-28-18-8-7-14(10-19(18)27-3)9-17-21(24)29-20(22-17)15-5-4-6-16(11-15)23(25)26/h4-11,13H,12H2,1-3H3/b17-9-. The smallest absolute Gasteiger partial charge is 0.363 e. The summed E-state index contributed by atoms with van der Waals surface area (Å²) in [5, 5.41) is 10.9. The lowest BCUT2D eigenvalue weighted by Gasteiger charge is -2.12. The molecule has 8 nitrogen and oxygen atoms in total. The summed E-state index contributed by atoms with van der Waals surface area (Å²) >= 11 is 0. The first-order valence-corrected chi connectivity index (χ1v) is 8.95. The van der Waals surface area contributed by atoms with E-state index in [0.29, 0.717) is 35.2 Å². The van der Waals surface area contributed by atoms with Gasteiger partial charge in [0.1, 0.15) is 0 Å². The number of carbonyl (C=O) groups is 1. The van der Waals surface area contributed by atoms with Crippen LogP contribution in [0.25, 0.3) is 6.08 Å². The molecule has 0 fully saturated rings. The molecule has 0 spiro atoms. The summed E-state index contributed by atoms with van der Waals surface area (Å²) in [7, 11) is 1.54. The zero-order valence-corrected chi connectivity index (χ0v) is 16.2. The van der Waals surface area contributed by atoms with Gasteiger partial charge in [-0.1, -0.05) is 26.0 Å². The minimum Gasteiger partial charge on any atom is -0.493 e. The SMILES string of the molecule is COc1cc(/C=C2\N=C(c3cccc([N+](=O)[O-])c3)OC2=O)ccc1OCC(C)C. The molecule has 0 aromatic heterocycles. The van der Waals surface area contributed by atoms with Crippen molar-refractivity contribution in [3.8, 4) is 11.5 Å². The van der Waals surface area contributed by atoms with E-state index < -0.39 is 10.9 Å². The average molecular weight is 396 g/mol. The molecular formula is C21H20N2O6. The minimum atomic E-state index is -0.634. The van der Waals surface area contributed by atoms with Crippen molar-refractivity contribution in [2.75, 3.05) is 13.7 Å². The Morgan fingerprint density at radius 1 is 1.21 bits per heavy atom. The van der Waals surface area contributed by atoms with Crippen molar-refractivity contribution in [3.05, 3.63) is 69.4 Å². The molecule has 0 radical (unpaired) electrons. The van der Waals surface area contributed by atoms with Gasteiger partial charge in [0.2, 0.25) is 5.90 Å². The fourth-order valence-electron chi connectivity index (χ4n) is 2.59. The number of cyclic esters (lactones) is 1. The Balaban J connectivity index is 1.87. The first-order chi connectivity index (χ1) is 13.9. The van der Waals surface area contributed by atoms with Crippen molar-refractivity contribution in [1.82, 2.24) is 0 Å². The first kappa shape index (κ1) is 20.1. The van der Waals surface area contributed by atoms with Crippen LogP contribution in [0.3, 0.4) is 0 Å². The number of carbonyl (C=O) groups excluding carboxylic acids is 1. The van der Waals surface area contributed by atoms with E-state index in [9.17, 15) is 14.9 Å². The van der Waals surface area contributed by atoms with Crippen molar-refractivity contribution in [1.29, 1.82) is 0 Å². The molecule has 2 aromatic carbocycles. The third-order valence-corrected chi connectivity index (χ3v) is 3.99. The fourth-order valence-corrected chi connectivity index (χ4v) is 2.59. The third-order valence-electron chi connectivity index (χ3n) is 3.99. The third kappa shape index (κ3) is 4.78. The first-order valence-electron chi connectivity index (χ1n) is 8.95. The molecule has 1 heterocycles. The minimum absolute atomic E-state index is 0.0220. The highest BCUT2D eigenvalue weighted by atomic mass is 16.6. The van der Waals surface area contributed by atoms with Gasteiger partial charge in [0.05, 0.1) is 18.6 Å². The zero-order chi connectivity index (χ0) is 21.0. The Labute approximate surface area is 167 Å². The summed E-state index contributed by atoms with van der Waals surface area (Å²) in [4.78, 5) is 26.8. The number of non-ortho nitro benzene ring substituents is 1. The van der Waals surface area contributed by atoms with E-state index in [1.54, 1.807) is 30.3 Å². The van der Waals surface area contributed by atoms with Gasteiger partial charge in [0.25, 0.3) is 5.69 Å². The van der Waals surface area contributed by atoms with Crippen LogP contribution in [0, 0.1) is 16.0 Å². The number of hydrogen-bond donors (Lipinski definition) is 0. The molecule has 1 aliphatic heterocycles. The number of nitrogens with zero attached hydrogens (tertiary/aromatic N) is 2. The second kappa shape index (κ2) is 8.55. The number of nitro benzene ring substituents is 1. The van der Waals surface area contributed by atoms with E-state index in [1.807, 2.05) is 13.8 Å². The predicted octanol–water partition coefficient (Wildman–Crippen LogP) is 3.98. The van der Waals surface area contributed by atoms with Crippen LogP contribution in [0.1, 0.15) is 25.0 Å².